The number of nitrogens with two attached hydrogens (primary N) is 1. The number of anilines is 2. The first-order chi connectivity index (χ1) is 13.6. The van der Waals surface area contributed by atoms with Crippen molar-refractivity contribution in [2.75, 3.05) is 55.6 Å². The van der Waals surface area contributed by atoms with Crippen LogP contribution in [0, 0.1) is 17.6 Å². The number of hydrogen-bond acceptors (Lipinski definition) is 5. The molecule has 2 aliphatic rings. The lowest BCUT2D eigenvalue weighted by Crippen LogP contribution is -2.51. The Labute approximate surface area is 190 Å². The molecule has 0 saturated carbocycles. The molecule has 4 rings (SSSR count). The quantitative estimate of drug-likeness (QED) is 0.372. The van der Waals surface area contributed by atoms with E-state index in [2.05, 4.69) is 24.7 Å². The largest absolute Gasteiger partial charge is 0.371 e. The average molecular weight is 534 g/mol. The van der Waals surface area contributed by atoms with E-state index in [1.807, 2.05) is 11.6 Å². The molecule has 0 bridgehead atoms. The van der Waals surface area contributed by atoms with Gasteiger partial charge in [0.15, 0.2) is 22.7 Å². The maximum atomic E-state index is 13.5. The Morgan fingerprint density at radius 3 is 2.62 bits per heavy atom. The van der Waals surface area contributed by atoms with Crippen LogP contribution in [0.25, 0.3) is 0 Å². The van der Waals surface area contributed by atoms with Gasteiger partial charge >= 0.3 is 0 Å². The fourth-order valence-electron chi connectivity index (χ4n) is 3.72. The van der Waals surface area contributed by atoms with Gasteiger partial charge in [0.05, 0.1) is 0 Å². The molecule has 3 heterocycles. The molecule has 1 aromatic heterocycles. The SMILES string of the molecule is I.NC(=NCC1CCN(c2ccc(F)c(F)c2)C1)N1CCN(c2nccs2)CC1. The molecule has 2 fully saturated rings. The molecule has 6 nitrogen and oxygen atoms in total. The molecule has 2 aromatic rings. The van der Waals surface area contributed by atoms with Crippen LogP contribution in [-0.2, 0) is 0 Å². The molecule has 0 radical (unpaired) electrons. The van der Waals surface area contributed by atoms with Gasteiger partial charge in [-0.2, -0.15) is 0 Å². The van der Waals surface area contributed by atoms with Crippen molar-refractivity contribution in [2.24, 2.45) is 16.6 Å². The molecule has 0 amide bonds. The minimum Gasteiger partial charge on any atom is -0.371 e. The van der Waals surface area contributed by atoms with Gasteiger partial charge in [-0.15, -0.1) is 35.3 Å². The van der Waals surface area contributed by atoms with Gasteiger partial charge in [-0.3, -0.25) is 4.99 Å². The summed E-state index contributed by atoms with van der Waals surface area (Å²) >= 11 is 1.65. The summed E-state index contributed by atoms with van der Waals surface area (Å²) in [5.74, 6) is -0.666. The third-order valence-corrected chi connectivity index (χ3v) is 6.19. The molecule has 0 spiro atoms. The number of benzene rings is 1. The van der Waals surface area contributed by atoms with E-state index >= 15 is 0 Å². The lowest BCUT2D eigenvalue weighted by Gasteiger charge is -2.35. The second kappa shape index (κ2) is 9.88. The smallest absolute Gasteiger partial charge is 0.191 e. The summed E-state index contributed by atoms with van der Waals surface area (Å²) in [6.07, 6.45) is 2.79. The van der Waals surface area contributed by atoms with Gasteiger partial charge in [0.25, 0.3) is 0 Å². The number of nitrogens with zero attached hydrogens (tertiary/aromatic N) is 5. The van der Waals surface area contributed by atoms with E-state index in [1.54, 1.807) is 17.4 Å². The van der Waals surface area contributed by atoms with Gasteiger partial charge in [0.2, 0.25) is 0 Å². The predicted octanol–water partition coefficient (Wildman–Crippen LogP) is 3.00. The maximum absolute atomic E-state index is 13.5. The zero-order chi connectivity index (χ0) is 19.5. The zero-order valence-electron chi connectivity index (χ0n) is 16.0. The van der Waals surface area contributed by atoms with Crippen molar-refractivity contribution in [3.8, 4) is 0 Å². The van der Waals surface area contributed by atoms with Crippen molar-refractivity contribution < 1.29 is 8.78 Å². The molecular formula is C19H25F2IN6S. The highest BCUT2D eigenvalue weighted by Gasteiger charge is 2.24. The average Bonchev–Trinajstić information content (AvgIpc) is 3.40. The van der Waals surface area contributed by atoms with Crippen LogP contribution in [0.3, 0.4) is 0 Å². The van der Waals surface area contributed by atoms with E-state index in [0.29, 0.717) is 18.4 Å². The molecule has 1 atom stereocenters. The van der Waals surface area contributed by atoms with Gasteiger partial charge in [0.1, 0.15) is 0 Å². The highest BCUT2D eigenvalue weighted by molar-refractivity contribution is 14.0. The summed E-state index contributed by atoms with van der Waals surface area (Å²) in [6, 6.07) is 4.07. The number of halogens is 3. The molecule has 2 aliphatic heterocycles. The van der Waals surface area contributed by atoms with Crippen molar-refractivity contribution in [1.29, 1.82) is 0 Å². The van der Waals surface area contributed by atoms with Crippen molar-refractivity contribution in [3.05, 3.63) is 41.4 Å². The number of guanidine groups is 1. The van der Waals surface area contributed by atoms with Crippen LogP contribution < -0.4 is 15.5 Å². The fourth-order valence-corrected chi connectivity index (χ4v) is 4.42. The number of rotatable bonds is 4. The summed E-state index contributed by atoms with van der Waals surface area (Å²) in [5.41, 5.74) is 6.93. The molecule has 1 aromatic carbocycles. The Hall–Kier alpha value is -1.69. The first kappa shape index (κ1) is 22.0. The molecule has 10 heteroatoms. The minimum absolute atomic E-state index is 0. The highest BCUT2D eigenvalue weighted by Crippen LogP contribution is 2.25. The molecule has 2 saturated heterocycles. The molecule has 0 aliphatic carbocycles. The van der Waals surface area contributed by atoms with Gasteiger partial charge in [-0.25, -0.2) is 13.8 Å². The Balaban J connectivity index is 0.00000240. The third kappa shape index (κ3) is 5.27. The number of hydrogen-bond donors (Lipinski definition) is 1. The van der Waals surface area contributed by atoms with E-state index in [4.69, 9.17) is 5.73 Å². The summed E-state index contributed by atoms with van der Waals surface area (Å²) < 4.78 is 26.6. The number of aliphatic imine (C=N–C) groups is 1. The molecule has 29 heavy (non-hydrogen) atoms. The number of piperazine rings is 1. The van der Waals surface area contributed by atoms with E-state index in [9.17, 15) is 8.78 Å². The summed E-state index contributed by atoms with van der Waals surface area (Å²) in [4.78, 5) is 15.4. The summed E-state index contributed by atoms with van der Waals surface area (Å²) in [6.45, 7) is 5.69. The molecule has 1 unspecified atom stereocenters. The Morgan fingerprint density at radius 1 is 1.14 bits per heavy atom. The molecule has 158 valence electrons. The standard InChI is InChI=1S/C19H24F2N6S.HI/c20-16-2-1-15(11-17(16)21)27-5-3-14(13-27)12-24-18(22)25-6-8-26(9-7-25)19-23-4-10-28-19;/h1-2,4,10-11,14H,3,5-9,12-13H2,(H2,22,24);1H. The Bertz CT molecular complexity index is 826. The summed E-state index contributed by atoms with van der Waals surface area (Å²) in [5, 5.41) is 3.04. The summed E-state index contributed by atoms with van der Waals surface area (Å²) in [7, 11) is 0. The number of thiazole rings is 1. The van der Waals surface area contributed by atoms with Crippen LogP contribution in [0.15, 0.2) is 34.8 Å². The van der Waals surface area contributed by atoms with Gasteiger partial charge in [-0.05, 0) is 24.5 Å². The van der Waals surface area contributed by atoms with Gasteiger partial charge in [0, 0.05) is 69.1 Å². The van der Waals surface area contributed by atoms with E-state index < -0.39 is 11.6 Å². The Kier molecular flexibility index (Phi) is 7.49. The van der Waals surface area contributed by atoms with Crippen molar-refractivity contribution >= 4 is 52.1 Å². The minimum atomic E-state index is -0.813. The van der Waals surface area contributed by atoms with Crippen LogP contribution >= 0.6 is 35.3 Å². The topological polar surface area (TPSA) is 61.0 Å². The first-order valence-electron chi connectivity index (χ1n) is 9.49. The van der Waals surface area contributed by atoms with Crippen LogP contribution in [0.5, 0.6) is 0 Å². The molecular weight excluding hydrogens is 509 g/mol. The second-order valence-electron chi connectivity index (χ2n) is 7.19. The maximum Gasteiger partial charge on any atom is 0.191 e. The van der Waals surface area contributed by atoms with E-state index in [1.165, 1.54) is 12.1 Å². The zero-order valence-corrected chi connectivity index (χ0v) is 19.2. The normalized spacial score (nSPS) is 20.1. The van der Waals surface area contributed by atoms with Crippen molar-refractivity contribution in [3.63, 3.8) is 0 Å². The van der Waals surface area contributed by atoms with Crippen LogP contribution in [0.1, 0.15) is 6.42 Å². The monoisotopic (exact) mass is 534 g/mol. The second-order valence-corrected chi connectivity index (χ2v) is 8.06. The first-order valence-corrected chi connectivity index (χ1v) is 10.4. The van der Waals surface area contributed by atoms with Crippen LogP contribution in [0.4, 0.5) is 19.6 Å². The predicted molar refractivity (Wildman–Crippen MR) is 124 cm³/mol. The van der Waals surface area contributed by atoms with Gasteiger partial charge in [-0.1, -0.05) is 0 Å². The van der Waals surface area contributed by atoms with E-state index in [-0.39, 0.29) is 24.0 Å². The lowest BCUT2D eigenvalue weighted by atomic mass is 10.1. The van der Waals surface area contributed by atoms with Crippen LogP contribution in [-0.4, -0.2) is 61.7 Å². The third-order valence-electron chi connectivity index (χ3n) is 5.36. The lowest BCUT2D eigenvalue weighted by molar-refractivity contribution is 0.379. The Morgan fingerprint density at radius 2 is 1.93 bits per heavy atom. The number of aromatic nitrogens is 1. The fraction of sp³-hybridized carbons (Fsp3) is 0.474. The van der Waals surface area contributed by atoms with Crippen LogP contribution in [0.2, 0.25) is 0 Å². The molecule has 2 N–H and O–H groups in total. The highest BCUT2D eigenvalue weighted by atomic mass is 127. The van der Waals surface area contributed by atoms with Gasteiger partial charge < -0.3 is 20.4 Å². The van der Waals surface area contributed by atoms with Crippen molar-refractivity contribution in [1.82, 2.24) is 9.88 Å². The van der Waals surface area contributed by atoms with E-state index in [0.717, 1.165) is 56.5 Å². The van der Waals surface area contributed by atoms with Crippen molar-refractivity contribution in [2.45, 2.75) is 6.42 Å².